The van der Waals surface area contributed by atoms with E-state index in [-0.39, 0.29) is 21.7 Å². The number of hydrogen-bond acceptors (Lipinski definition) is 2. The molecule has 0 radical (unpaired) electrons. The third-order valence-corrected chi connectivity index (χ3v) is 14.9. The Bertz CT molecular complexity index is 3620. The van der Waals surface area contributed by atoms with Crippen LogP contribution in [0.25, 0.3) is 88.5 Å². The summed E-state index contributed by atoms with van der Waals surface area (Å²) in [6.07, 6.45) is 0. The molecule has 5 heteroatoms. The Labute approximate surface area is 416 Å². The number of aromatic nitrogens is 4. The fourth-order valence-electron chi connectivity index (χ4n) is 9.80. The molecule has 0 fully saturated rings. The average Bonchev–Trinajstić information content (AvgIpc) is 3.80. The summed E-state index contributed by atoms with van der Waals surface area (Å²) < 4.78 is 4.84. The second-order valence-electron chi connectivity index (χ2n) is 24.8. The highest BCUT2D eigenvalue weighted by molar-refractivity contribution is 6.83. The first-order chi connectivity index (χ1) is 32.8. The van der Waals surface area contributed by atoms with Crippen LogP contribution in [0.2, 0.25) is 19.6 Å². The predicted octanol–water partition coefficient (Wildman–Crippen LogP) is 17.6. The minimum Gasteiger partial charge on any atom is -0.309 e. The topological polar surface area (TPSA) is 35.6 Å². The largest absolute Gasteiger partial charge is 0.309 e. The van der Waals surface area contributed by atoms with Gasteiger partial charge >= 0.3 is 0 Å². The van der Waals surface area contributed by atoms with E-state index in [4.69, 9.17) is 9.97 Å². The summed E-state index contributed by atoms with van der Waals surface area (Å²) in [6.45, 7) is 34.4. The molecule has 3 heterocycles. The van der Waals surface area contributed by atoms with Gasteiger partial charge in [0.05, 0.1) is 44.5 Å². The van der Waals surface area contributed by atoms with Gasteiger partial charge in [0.1, 0.15) is 8.07 Å². The van der Waals surface area contributed by atoms with Crippen LogP contribution in [0.5, 0.6) is 0 Å². The molecule has 0 saturated heterocycles. The van der Waals surface area contributed by atoms with Gasteiger partial charge < -0.3 is 9.13 Å². The second kappa shape index (κ2) is 16.4. The lowest BCUT2D eigenvalue weighted by molar-refractivity contribution is 0.590. The van der Waals surface area contributed by atoms with Crippen molar-refractivity contribution in [3.8, 4) is 45.4 Å². The SMILES string of the molecule is CC(C)(C)c1ccc2c(c1)c1cc(C(C)(C)C)ccc1n2-c1ccc(-c2nc3ccc(C#C[Si](C)(C)C)cc3nc2-c2ccc(-n3c4ccc(C(C)(C)C)cc4c4cc(C(C)(C)C)ccc43)cc2)cc1. The van der Waals surface area contributed by atoms with Crippen molar-refractivity contribution >= 4 is 62.7 Å². The third kappa shape index (κ3) is 8.66. The molecular weight excluding hydrogens is 865 g/mol. The van der Waals surface area contributed by atoms with Crippen molar-refractivity contribution in [3.63, 3.8) is 0 Å². The maximum Gasteiger partial charge on any atom is 0.129 e. The molecule has 0 unspecified atom stereocenters. The molecule has 0 aliphatic carbocycles. The van der Waals surface area contributed by atoms with Crippen LogP contribution in [0, 0.1) is 11.5 Å². The lowest BCUT2D eigenvalue weighted by Gasteiger charge is -2.19. The average molecular weight is 933 g/mol. The van der Waals surface area contributed by atoms with Crippen molar-refractivity contribution in [1.82, 2.24) is 19.1 Å². The lowest BCUT2D eigenvalue weighted by Crippen LogP contribution is -2.16. The van der Waals surface area contributed by atoms with Crippen LogP contribution in [-0.4, -0.2) is 27.2 Å². The highest BCUT2D eigenvalue weighted by Crippen LogP contribution is 2.41. The van der Waals surface area contributed by atoms with Gasteiger partial charge in [0.25, 0.3) is 0 Å². The minimum atomic E-state index is -1.59. The summed E-state index contributed by atoms with van der Waals surface area (Å²) in [4.78, 5) is 10.9. The van der Waals surface area contributed by atoms with Crippen molar-refractivity contribution in [3.05, 3.63) is 167 Å². The van der Waals surface area contributed by atoms with E-state index in [1.165, 1.54) is 65.9 Å². The molecule has 10 aromatic rings. The van der Waals surface area contributed by atoms with Crippen LogP contribution in [0.4, 0.5) is 0 Å². The fraction of sp³-hybridized carbons (Fsp3) is 0.292. The van der Waals surface area contributed by atoms with Gasteiger partial charge in [-0.3, -0.25) is 0 Å². The van der Waals surface area contributed by atoms with Gasteiger partial charge in [0.2, 0.25) is 0 Å². The number of hydrogen-bond donors (Lipinski definition) is 0. The normalized spacial score (nSPS) is 13.0. The van der Waals surface area contributed by atoms with Crippen LogP contribution in [-0.2, 0) is 21.7 Å². The van der Waals surface area contributed by atoms with Crippen molar-refractivity contribution < 1.29 is 0 Å². The van der Waals surface area contributed by atoms with Gasteiger partial charge in [-0.25, -0.2) is 9.97 Å². The fourth-order valence-corrected chi connectivity index (χ4v) is 10.3. The number of nitrogens with zero attached hydrogens (tertiary/aromatic N) is 4. The molecule has 0 spiro atoms. The summed E-state index contributed by atoms with van der Waals surface area (Å²) in [6, 6.07) is 52.2. The standard InChI is InChI=1S/C65H68N4Si/c1-62(2,3)44-21-30-56-50(37-44)51-38-45(63(4,5)6)22-31-57(51)68(56)48-25-17-42(18-26-48)60-61(67-55-36-41(16-29-54(55)66-60)34-35-70(13,14)15)43-19-27-49(28-20-43)69-58-32-23-46(64(7,8)9)39-52(58)53-40-47(65(10,11)12)24-33-59(53)69/h16-33,36-40H,1-15H3. The Hall–Kier alpha value is -6.74. The highest BCUT2D eigenvalue weighted by atomic mass is 28.3. The Morgan fingerprint density at radius 1 is 0.371 bits per heavy atom. The smallest absolute Gasteiger partial charge is 0.129 e. The molecule has 0 bridgehead atoms. The molecular formula is C65H68N4Si. The first-order valence-corrected chi connectivity index (χ1v) is 28.6. The Kier molecular flexibility index (Phi) is 11.0. The van der Waals surface area contributed by atoms with E-state index in [9.17, 15) is 0 Å². The predicted molar refractivity (Wildman–Crippen MR) is 304 cm³/mol. The van der Waals surface area contributed by atoms with Crippen LogP contribution in [0.15, 0.2) is 140 Å². The molecule has 0 N–H and O–H groups in total. The first-order valence-electron chi connectivity index (χ1n) is 25.1. The molecule has 70 heavy (non-hydrogen) atoms. The zero-order chi connectivity index (χ0) is 49.9. The molecule has 7 aromatic carbocycles. The van der Waals surface area contributed by atoms with Crippen LogP contribution in [0.3, 0.4) is 0 Å². The Morgan fingerprint density at radius 2 is 0.700 bits per heavy atom. The van der Waals surface area contributed by atoms with Gasteiger partial charge in [-0.15, -0.1) is 5.54 Å². The van der Waals surface area contributed by atoms with Crippen molar-refractivity contribution in [2.45, 2.75) is 124 Å². The van der Waals surface area contributed by atoms with Gasteiger partial charge in [-0.05, 0) is 135 Å². The van der Waals surface area contributed by atoms with E-state index in [1.807, 2.05) is 0 Å². The molecule has 3 aromatic heterocycles. The second-order valence-corrected chi connectivity index (χ2v) is 29.6. The van der Waals surface area contributed by atoms with Crippen molar-refractivity contribution in [2.24, 2.45) is 0 Å². The molecule has 10 rings (SSSR count). The zero-order valence-electron chi connectivity index (χ0n) is 44.1. The summed E-state index contributed by atoms with van der Waals surface area (Å²) in [7, 11) is -1.59. The maximum absolute atomic E-state index is 5.46. The number of fused-ring (bicyclic) bond motifs is 7. The molecule has 0 aliphatic rings. The maximum atomic E-state index is 5.46. The molecule has 0 atom stereocenters. The highest BCUT2D eigenvalue weighted by Gasteiger charge is 2.24. The summed E-state index contributed by atoms with van der Waals surface area (Å²) in [5.41, 5.74) is 22.4. The van der Waals surface area contributed by atoms with Crippen LogP contribution < -0.4 is 0 Å². The summed E-state index contributed by atoms with van der Waals surface area (Å²) in [5, 5.41) is 5.12. The number of rotatable bonds is 4. The van der Waals surface area contributed by atoms with Gasteiger partial charge in [-0.2, -0.15) is 0 Å². The van der Waals surface area contributed by atoms with Crippen LogP contribution in [0.1, 0.15) is 111 Å². The van der Waals surface area contributed by atoms with Gasteiger partial charge in [0.15, 0.2) is 0 Å². The third-order valence-electron chi connectivity index (χ3n) is 14.0. The monoisotopic (exact) mass is 933 g/mol. The van der Waals surface area contributed by atoms with Crippen molar-refractivity contribution in [2.75, 3.05) is 0 Å². The molecule has 0 amide bonds. The van der Waals surface area contributed by atoms with E-state index in [0.717, 1.165) is 50.5 Å². The molecule has 4 nitrogen and oxygen atoms in total. The minimum absolute atomic E-state index is 0.0322. The van der Waals surface area contributed by atoms with Gasteiger partial charge in [-0.1, -0.05) is 157 Å². The number of benzene rings is 7. The van der Waals surface area contributed by atoms with E-state index in [0.29, 0.717) is 0 Å². The summed E-state index contributed by atoms with van der Waals surface area (Å²) >= 11 is 0. The van der Waals surface area contributed by atoms with E-state index < -0.39 is 8.07 Å². The first kappa shape index (κ1) is 47.0. The van der Waals surface area contributed by atoms with E-state index >= 15 is 0 Å². The van der Waals surface area contributed by atoms with Crippen molar-refractivity contribution in [1.29, 1.82) is 0 Å². The van der Waals surface area contributed by atoms with Gasteiger partial charge in [0, 0.05) is 49.6 Å². The molecule has 0 aliphatic heterocycles. The Morgan fingerprint density at radius 3 is 1.01 bits per heavy atom. The molecule has 352 valence electrons. The zero-order valence-corrected chi connectivity index (χ0v) is 45.1. The lowest BCUT2D eigenvalue weighted by atomic mass is 9.85. The van der Waals surface area contributed by atoms with E-state index in [2.05, 4.69) is 263 Å². The summed E-state index contributed by atoms with van der Waals surface area (Å²) in [5.74, 6) is 3.46. The van der Waals surface area contributed by atoms with E-state index in [1.54, 1.807) is 0 Å². The molecule has 0 saturated carbocycles. The van der Waals surface area contributed by atoms with Crippen LogP contribution >= 0.6 is 0 Å². The Balaban J connectivity index is 1.12. The quantitative estimate of drug-likeness (QED) is 0.130.